The molecule has 106 valence electrons. The molecule has 1 aromatic rings. The molecule has 0 saturated heterocycles. The minimum absolute atomic E-state index is 0.0195. The zero-order chi connectivity index (χ0) is 14.5. The van der Waals surface area contributed by atoms with Crippen molar-refractivity contribution in [3.05, 3.63) is 35.9 Å². The second-order valence-corrected chi connectivity index (χ2v) is 4.91. The Kier molecular flexibility index (Phi) is 4.40. The standard InChI is InChI=1S/C15H18N2O3/c16-12-3-1-2-11(10-12)4-7-14(18)17(13-5-6-13)9-8-15(19)20/h1-4,7,10,13H,5-6,8-9,16H2,(H,19,20)/b7-4+. The Morgan fingerprint density at radius 3 is 2.75 bits per heavy atom. The van der Waals surface area contributed by atoms with Crippen LogP contribution in [0.2, 0.25) is 0 Å². The Labute approximate surface area is 117 Å². The summed E-state index contributed by atoms with van der Waals surface area (Å²) in [5.41, 5.74) is 7.17. The first-order valence-electron chi connectivity index (χ1n) is 6.62. The third kappa shape index (κ3) is 4.12. The highest BCUT2D eigenvalue weighted by Gasteiger charge is 2.31. The van der Waals surface area contributed by atoms with E-state index < -0.39 is 5.97 Å². The van der Waals surface area contributed by atoms with E-state index in [1.807, 2.05) is 12.1 Å². The summed E-state index contributed by atoms with van der Waals surface area (Å²) >= 11 is 0. The van der Waals surface area contributed by atoms with Gasteiger partial charge < -0.3 is 15.7 Å². The molecule has 3 N–H and O–H groups in total. The lowest BCUT2D eigenvalue weighted by Gasteiger charge is -2.19. The van der Waals surface area contributed by atoms with Crippen molar-refractivity contribution in [3.8, 4) is 0 Å². The van der Waals surface area contributed by atoms with Gasteiger partial charge in [-0.1, -0.05) is 12.1 Å². The molecule has 0 radical (unpaired) electrons. The van der Waals surface area contributed by atoms with Crippen LogP contribution in [0.15, 0.2) is 30.3 Å². The number of amides is 1. The van der Waals surface area contributed by atoms with Crippen LogP contribution in [0.5, 0.6) is 0 Å². The summed E-state index contributed by atoms with van der Waals surface area (Å²) < 4.78 is 0. The number of carbonyl (C=O) groups is 2. The van der Waals surface area contributed by atoms with Gasteiger partial charge in [-0.2, -0.15) is 0 Å². The molecular formula is C15H18N2O3. The molecule has 2 rings (SSSR count). The molecule has 5 heteroatoms. The van der Waals surface area contributed by atoms with E-state index in [0.29, 0.717) is 5.69 Å². The number of rotatable bonds is 6. The van der Waals surface area contributed by atoms with E-state index in [2.05, 4.69) is 0 Å². The minimum Gasteiger partial charge on any atom is -0.481 e. The quantitative estimate of drug-likeness (QED) is 0.611. The molecule has 1 aliphatic carbocycles. The predicted molar refractivity (Wildman–Crippen MR) is 76.9 cm³/mol. The van der Waals surface area contributed by atoms with Gasteiger partial charge in [-0.05, 0) is 36.6 Å². The molecule has 0 spiro atoms. The fraction of sp³-hybridized carbons (Fsp3) is 0.333. The number of carbonyl (C=O) groups excluding carboxylic acids is 1. The zero-order valence-electron chi connectivity index (χ0n) is 11.2. The smallest absolute Gasteiger partial charge is 0.305 e. The first kappa shape index (κ1) is 14.1. The minimum atomic E-state index is -0.886. The lowest BCUT2D eigenvalue weighted by Crippen LogP contribution is -2.33. The van der Waals surface area contributed by atoms with Gasteiger partial charge in [0.15, 0.2) is 0 Å². The number of carboxylic acid groups (broad SMARTS) is 1. The van der Waals surface area contributed by atoms with E-state index in [0.717, 1.165) is 18.4 Å². The summed E-state index contributed by atoms with van der Waals surface area (Å²) in [5, 5.41) is 8.71. The van der Waals surface area contributed by atoms with Gasteiger partial charge in [-0.15, -0.1) is 0 Å². The third-order valence-electron chi connectivity index (χ3n) is 3.17. The van der Waals surface area contributed by atoms with Crippen molar-refractivity contribution in [2.24, 2.45) is 0 Å². The second kappa shape index (κ2) is 6.23. The van der Waals surface area contributed by atoms with E-state index in [1.165, 1.54) is 6.08 Å². The number of nitrogen functional groups attached to an aromatic ring is 1. The van der Waals surface area contributed by atoms with Crippen molar-refractivity contribution in [2.45, 2.75) is 25.3 Å². The van der Waals surface area contributed by atoms with Crippen molar-refractivity contribution in [2.75, 3.05) is 12.3 Å². The van der Waals surface area contributed by atoms with Gasteiger partial charge >= 0.3 is 5.97 Å². The van der Waals surface area contributed by atoms with Crippen LogP contribution in [0.4, 0.5) is 5.69 Å². The molecule has 1 fully saturated rings. The first-order chi connectivity index (χ1) is 9.56. The third-order valence-corrected chi connectivity index (χ3v) is 3.17. The number of nitrogens with two attached hydrogens (primary N) is 1. The van der Waals surface area contributed by atoms with Crippen LogP contribution in [0.1, 0.15) is 24.8 Å². The van der Waals surface area contributed by atoms with Crippen LogP contribution in [-0.2, 0) is 9.59 Å². The monoisotopic (exact) mass is 274 g/mol. The largest absolute Gasteiger partial charge is 0.481 e. The number of benzene rings is 1. The van der Waals surface area contributed by atoms with E-state index in [4.69, 9.17) is 10.8 Å². The average molecular weight is 274 g/mol. The fourth-order valence-electron chi connectivity index (χ4n) is 2.00. The molecule has 0 unspecified atom stereocenters. The SMILES string of the molecule is Nc1cccc(/C=C/C(=O)N(CCC(=O)O)C2CC2)c1. The Bertz CT molecular complexity index is 536. The van der Waals surface area contributed by atoms with Crippen LogP contribution in [0, 0.1) is 0 Å². The molecule has 0 aliphatic heterocycles. The molecule has 0 bridgehead atoms. The summed E-state index contributed by atoms with van der Waals surface area (Å²) in [4.78, 5) is 24.4. The fourth-order valence-corrected chi connectivity index (χ4v) is 2.00. The van der Waals surface area contributed by atoms with E-state index in [1.54, 1.807) is 23.1 Å². The van der Waals surface area contributed by atoms with Crippen molar-refractivity contribution in [3.63, 3.8) is 0 Å². The van der Waals surface area contributed by atoms with Gasteiger partial charge in [0, 0.05) is 24.4 Å². The van der Waals surface area contributed by atoms with Crippen LogP contribution in [-0.4, -0.2) is 34.5 Å². The number of nitrogens with zero attached hydrogens (tertiary/aromatic N) is 1. The number of anilines is 1. The van der Waals surface area contributed by atoms with Crippen molar-refractivity contribution in [1.82, 2.24) is 4.90 Å². The number of hydrogen-bond donors (Lipinski definition) is 2. The van der Waals surface area contributed by atoms with Crippen LogP contribution >= 0.6 is 0 Å². The number of hydrogen-bond acceptors (Lipinski definition) is 3. The van der Waals surface area contributed by atoms with Gasteiger partial charge in [0.05, 0.1) is 6.42 Å². The van der Waals surface area contributed by atoms with Gasteiger partial charge in [0.25, 0.3) is 0 Å². The maximum atomic E-state index is 12.1. The summed E-state index contributed by atoms with van der Waals surface area (Å²) in [6.07, 6.45) is 5.08. The molecule has 0 aromatic heterocycles. The van der Waals surface area contributed by atoms with E-state index in [-0.39, 0.29) is 24.9 Å². The Balaban J connectivity index is 1.99. The lowest BCUT2D eigenvalue weighted by molar-refractivity contribution is -0.138. The molecule has 1 aromatic carbocycles. The van der Waals surface area contributed by atoms with E-state index in [9.17, 15) is 9.59 Å². The summed E-state index contributed by atoms with van der Waals surface area (Å²) in [6, 6.07) is 7.44. The predicted octanol–water partition coefficient (Wildman–Crippen LogP) is 1.75. The normalized spacial score (nSPS) is 14.4. The van der Waals surface area contributed by atoms with Crippen molar-refractivity contribution in [1.29, 1.82) is 0 Å². The first-order valence-corrected chi connectivity index (χ1v) is 6.62. The second-order valence-electron chi connectivity index (χ2n) is 4.91. The van der Waals surface area contributed by atoms with Crippen LogP contribution < -0.4 is 5.73 Å². The molecule has 1 saturated carbocycles. The van der Waals surface area contributed by atoms with Crippen molar-refractivity contribution >= 4 is 23.6 Å². The highest BCUT2D eigenvalue weighted by molar-refractivity contribution is 5.92. The maximum absolute atomic E-state index is 12.1. The average Bonchev–Trinajstić information content (AvgIpc) is 3.21. The van der Waals surface area contributed by atoms with Gasteiger partial charge in [0.1, 0.15) is 0 Å². The maximum Gasteiger partial charge on any atom is 0.305 e. The van der Waals surface area contributed by atoms with Gasteiger partial charge in [-0.3, -0.25) is 9.59 Å². The molecule has 1 aliphatic rings. The van der Waals surface area contributed by atoms with Crippen LogP contribution in [0.25, 0.3) is 6.08 Å². The highest BCUT2D eigenvalue weighted by atomic mass is 16.4. The molecule has 5 nitrogen and oxygen atoms in total. The van der Waals surface area contributed by atoms with Crippen molar-refractivity contribution < 1.29 is 14.7 Å². The Hall–Kier alpha value is -2.30. The summed E-state index contributed by atoms with van der Waals surface area (Å²) in [5.74, 6) is -1.03. The molecule has 20 heavy (non-hydrogen) atoms. The molecule has 0 heterocycles. The zero-order valence-corrected chi connectivity index (χ0v) is 11.2. The number of carboxylic acids is 1. The number of aliphatic carboxylic acids is 1. The van der Waals surface area contributed by atoms with Crippen LogP contribution in [0.3, 0.4) is 0 Å². The summed E-state index contributed by atoms with van der Waals surface area (Å²) in [7, 11) is 0. The molecular weight excluding hydrogens is 256 g/mol. The lowest BCUT2D eigenvalue weighted by atomic mass is 10.2. The topological polar surface area (TPSA) is 83.6 Å². The summed E-state index contributed by atoms with van der Waals surface area (Å²) in [6.45, 7) is 0.264. The highest BCUT2D eigenvalue weighted by Crippen LogP contribution is 2.27. The Morgan fingerprint density at radius 1 is 1.40 bits per heavy atom. The van der Waals surface area contributed by atoms with Gasteiger partial charge in [0.2, 0.25) is 5.91 Å². The molecule has 1 amide bonds. The van der Waals surface area contributed by atoms with E-state index >= 15 is 0 Å². The Morgan fingerprint density at radius 2 is 2.15 bits per heavy atom. The molecule has 0 atom stereocenters. The van der Waals surface area contributed by atoms with Gasteiger partial charge in [-0.25, -0.2) is 0 Å².